The lowest BCUT2D eigenvalue weighted by Gasteiger charge is -2.42. The number of carbonyl (C=O) groups is 2. The number of hydrogen-bond donors (Lipinski definition) is 0. The third kappa shape index (κ3) is 5.70. The van der Waals surface area contributed by atoms with Crippen LogP contribution in [0.4, 0.5) is 14.9 Å². The lowest BCUT2D eigenvalue weighted by molar-refractivity contribution is -0.120. The molecule has 0 spiro atoms. The van der Waals surface area contributed by atoms with Crippen LogP contribution in [-0.2, 0) is 21.6 Å². The standard InChI is InChI=1S/C29H31FN2O3/c1-2-32(26-16-10-9-15-25(26)30)27(33)21-29(24-13-7-4-8-14-24)17-19-31(20-18-29)28(34)35-22-23-11-5-3-6-12-23/h3-16H,2,17-22H2,1H3. The van der Waals surface area contributed by atoms with E-state index < -0.39 is 11.2 Å². The second-order valence-electron chi connectivity index (χ2n) is 8.94. The van der Waals surface area contributed by atoms with E-state index in [9.17, 15) is 14.0 Å². The quantitative estimate of drug-likeness (QED) is 0.426. The van der Waals surface area contributed by atoms with Crippen molar-refractivity contribution in [2.75, 3.05) is 24.5 Å². The molecular formula is C29H31FN2O3. The predicted molar refractivity (Wildman–Crippen MR) is 135 cm³/mol. The van der Waals surface area contributed by atoms with Crippen LogP contribution in [0.5, 0.6) is 0 Å². The minimum Gasteiger partial charge on any atom is -0.445 e. The number of likely N-dealkylation sites (tertiary alicyclic amines) is 1. The van der Waals surface area contributed by atoms with Crippen LogP contribution >= 0.6 is 0 Å². The zero-order valence-corrected chi connectivity index (χ0v) is 20.0. The minimum atomic E-state index is -0.437. The molecule has 182 valence electrons. The molecule has 4 rings (SSSR count). The van der Waals surface area contributed by atoms with Gasteiger partial charge in [0.1, 0.15) is 12.4 Å². The molecule has 1 fully saturated rings. The number of hydrogen-bond acceptors (Lipinski definition) is 3. The lowest BCUT2D eigenvalue weighted by atomic mass is 9.70. The fourth-order valence-corrected chi connectivity index (χ4v) is 4.82. The van der Waals surface area contributed by atoms with Gasteiger partial charge >= 0.3 is 6.09 Å². The fourth-order valence-electron chi connectivity index (χ4n) is 4.82. The van der Waals surface area contributed by atoms with Crippen LogP contribution in [0, 0.1) is 5.82 Å². The van der Waals surface area contributed by atoms with Crippen molar-refractivity contribution >= 4 is 17.7 Å². The fraction of sp³-hybridized carbons (Fsp3) is 0.310. The molecule has 0 N–H and O–H groups in total. The molecule has 35 heavy (non-hydrogen) atoms. The van der Waals surface area contributed by atoms with Gasteiger partial charge in [0.25, 0.3) is 0 Å². The maximum atomic E-state index is 14.5. The van der Waals surface area contributed by atoms with Crippen LogP contribution in [0.2, 0.25) is 0 Å². The summed E-state index contributed by atoms with van der Waals surface area (Å²) in [5.74, 6) is -0.533. The molecule has 0 bridgehead atoms. The van der Waals surface area contributed by atoms with Crippen molar-refractivity contribution in [1.29, 1.82) is 0 Å². The molecule has 0 aliphatic carbocycles. The number of ether oxygens (including phenoxy) is 1. The van der Waals surface area contributed by atoms with E-state index in [0.717, 1.165) is 11.1 Å². The zero-order valence-electron chi connectivity index (χ0n) is 20.0. The van der Waals surface area contributed by atoms with E-state index in [-0.39, 0.29) is 25.0 Å². The molecule has 0 radical (unpaired) electrons. The van der Waals surface area contributed by atoms with Gasteiger partial charge in [-0.05, 0) is 43.0 Å². The van der Waals surface area contributed by atoms with Crippen LogP contribution in [0.25, 0.3) is 0 Å². The maximum Gasteiger partial charge on any atom is 0.410 e. The highest BCUT2D eigenvalue weighted by Gasteiger charge is 2.40. The largest absolute Gasteiger partial charge is 0.445 e. The van der Waals surface area contributed by atoms with E-state index in [1.54, 1.807) is 23.1 Å². The van der Waals surface area contributed by atoms with E-state index in [1.807, 2.05) is 67.6 Å². The molecule has 1 aliphatic rings. The van der Waals surface area contributed by atoms with E-state index in [1.165, 1.54) is 11.0 Å². The summed E-state index contributed by atoms with van der Waals surface area (Å²) in [5.41, 5.74) is 1.86. The molecule has 5 nitrogen and oxygen atoms in total. The van der Waals surface area contributed by atoms with Crippen molar-refractivity contribution in [2.45, 2.75) is 38.2 Å². The Kier molecular flexibility index (Phi) is 7.80. The lowest BCUT2D eigenvalue weighted by Crippen LogP contribution is -2.48. The highest BCUT2D eigenvalue weighted by molar-refractivity contribution is 5.94. The smallest absolute Gasteiger partial charge is 0.410 e. The van der Waals surface area contributed by atoms with Crippen LogP contribution in [0.1, 0.15) is 37.3 Å². The van der Waals surface area contributed by atoms with Crippen molar-refractivity contribution in [3.05, 3.63) is 102 Å². The van der Waals surface area contributed by atoms with Crippen LogP contribution < -0.4 is 4.90 Å². The van der Waals surface area contributed by atoms with Crippen molar-refractivity contribution < 1.29 is 18.7 Å². The van der Waals surface area contributed by atoms with Crippen molar-refractivity contribution in [1.82, 2.24) is 4.90 Å². The number of rotatable bonds is 7. The monoisotopic (exact) mass is 474 g/mol. The van der Waals surface area contributed by atoms with E-state index in [0.29, 0.717) is 38.2 Å². The van der Waals surface area contributed by atoms with Gasteiger partial charge in [0.2, 0.25) is 5.91 Å². The van der Waals surface area contributed by atoms with Gasteiger partial charge in [-0.2, -0.15) is 0 Å². The van der Waals surface area contributed by atoms with Gasteiger partial charge < -0.3 is 14.5 Å². The summed E-state index contributed by atoms with van der Waals surface area (Å²) in [6, 6.07) is 25.9. The number of amides is 2. The SMILES string of the molecule is CCN(C(=O)CC1(c2ccccc2)CCN(C(=O)OCc2ccccc2)CC1)c1ccccc1F. The first-order valence-corrected chi connectivity index (χ1v) is 12.1. The Hall–Kier alpha value is -3.67. The van der Waals surface area contributed by atoms with Crippen molar-refractivity contribution in [2.24, 2.45) is 0 Å². The average molecular weight is 475 g/mol. The predicted octanol–water partition coefficient (Wildman–Crippen LogP) is 5.94. The summed E-state index contributed by atoms with van der Waals surface area (Å²) in [7, 11) is 0. The van der Waals surface area contributed by atoms with Gasteiger partial charge in [-0.25, -0.2) is 9.18 Å². The first-order valence-electron chi connectivity index (χ1n) is 12.1. The van der Waals surface area contributed by atoms with Gasteiger partial charge in [-0.15, -0.1) is 0 Å². The van der Waals surface area contributed by atoms with Crippen molar-refractivity contribution in [3.8, 4) is 0 Å². The molecule has 0 atom stereocenters. The molecular weight excluding hydrogens is 443 g/mol. The summed E-state index contributed by atoms with van der Waals surface area (Å²) in [5, 5.41) is 0. The van der Waals surface area contributed by atoms with Crippen LogP contribution in [0.3, 0.4) is 0 Å². The van der Waals surface area contributed by atoms with Gasteiger partial charge in [-0.3, -0.25) is 4.79 Å². The summed E-state index contributed by atoms with van der Waals surface area (Å²) >= 11 is 0. The molecule has 1 heterocycles. The molecule has 6 heteroatoms. The van der Waals surface area contributed by atoms with Gasteiger partial charge in [0, 0.05) is 31.5 Å². The molecule has 1 aliphatic heterocycles. The molecule has 0 saturated carbocycles. The summed E-state index contributed by atoms with van der Waals surface area (Å²) in [6.45, 7) is 3.43. The Morgan fingerprint density at radius 2 is 1.51 bits per heavy atom. The van der Waals surface area contributed by atoms with Gasteiger partial charge in [0.15, 0.2) is 0 Å². The van der Waals surface area contributed by atoms with E-state index in [2.05, 4.69) is 0 Å². The Morgan fingerprint density at radius 3 is 2.14 bits per heavy atom. The number of anilines is 1. The number of nitrogens with zero attached hydrogens (tertiary/aromatic N) is 2. The van der Waals surface area contributed by atoms with Crippen molar-refractivity contribution in [3.63, 3.8) is 0 Å². The average Bonchev–Trinajstić information content (AvgIpc) is 2.90. The third-order valence-corrected chi connectivity index (χ3v) is 6.82. The summed E-state index contributed by atoms with van der Waals surface area (Å²) in [6.07, 6.45) is 1.14. The number of para-hydroxylation sites is 1. The molecule has 3 aromatic carbocycles. The second kappa shape index (κ2) is 11.2. The van der Waals surface area contributed by atoms with Crippen LogP contribution in [0.15, 0.2) is 84.9 Å². The number of benzene rings is 3. The summed E-state index contributed by atoms with van der Waals surface area (Å²) in [4.78, 5) is 29.4. The van der Waals surface area contributed by atoms with Gasteiger partial charge in [-0.1, -0.05) is 72.8 Å². The zero-order chi connectivity index (χ0) is 24.7. The first kappa shape index (κ1) is 24.5. The summed E-state index contributed by atoms with van der Waals surface area (Å²) < 4.78 is 20.0. The molecule has 0 unspecified atom stereocenters. The highest BCUT2D eigenvalue weighted by atomic mass is 19.1. The first-order chi connectivity index (χ1) is 17.0. The second-order valence-corrected chi connectivity index (χ2v) is 8.94. The van der Waals surface area contributed by atoms with Crippen LogP contribution in [-0.4, -0.2) is 36.5 Å². The Labute approximate surface area is 206 Å². The number of piperidine rings is 1. The molecule has 1 saturated heterocycles. The Bertz CT molecular complexity index is 1130. The normalized spacial score (nSPS) is 14.9. The highest BCUT2D eigenvalue weighted by Crippen LogP contribution is 2.40. The number of carbonyl (C=O) groups excluding carboxylic acids is 2. The topological polar surface area (TPSA) is 49.9 Å². The Balaban J connectivity index is 1.48. The van der Waals surface area contributed by atoms with Gasteiger partial charge in [0.05, 0.1) is 5.69 Å². The molecule has 2 amide bonds. The Morgan fingerprint density at radius 1 is 0.914 bits per heavy atom. The maximum absolute atomic E-state index is 14.5. The molecule has 0 aromatic heterocycles. The van der Waals surface area contributed by atoms with E-state index >= 15 is 0 Å². The van der Waals surface area contributed by atoms with E-state index in [4.69, 9.17) is 4.74 Å². The molecule has 3 aromatic rings. The number of halogens is 1. The minimum absolute atomic E-state index is 0.124. The third-order valence-electron chi connectivity index (χ3n) is 6.82.